The Morgan fingerprint density at radius 2 is 2.19 bits per heavy atom. The predicted octanol–water partition coefficient (Wildman–Crippen LogP) is 1.96. The molecule has 3 aromatic rings. The Labute approximate surface area is 121 Å². The van der Waals surface area contributed by atoms with Crippen molar-refractivity contribution < 1.29 is 9.05 Å². The Balaban J connectivity index is 1.67. The van der Waals surface area contributed by atoms with E-state index in [4.69, 9.17) is 9.05 Å². The van der Waals surface area contributed by atoms with Crippen LogP contribution in [0, 0.1) is 0 Å². The number of nitrogens with zero attached hydrogens (tertiary/aromatic N) is 3. The van der Waals surface area contributed by atoms with Crippen molar-refractivity contribution in [2.45, 2.75) is 19.4 Å². The van der Waals surface area contributed by atoms with Gasteiger partial charge in [-0.15, -0.1) is 0 Å². The molecule has 1 aliphatic heterocycles. The van der Waals surface area contributed by atoms with Crippen LogP contribution in [-0.2, 0) is 19.4 Å². The Hall–Kier alpha value is -2.47. The van der Waals surface area contributed by atoms with Crippen molar-refractivity contribution in [1.29, 1.82) is 0 Å². The average molecular weight is 282 g/mol. The van der Waals surface area contributed by atoms with Crippen LogP contribution in [0.3, 0.4) is 0 Å². The zero-order chi connectivity index (χ0) is 14.1. The van der Waals surface area contributed by atoms with Gasteiger partial charge in [0, 0.05) is 18.2 Å². The molecule has 0 fully saturated rings. The van der Waals surface area contributed by atoms with Crippen LogP contribution in [0.5, 0.6) is 0 Å². The maximum atomic E-state index is 5.42. The summed E-state index contributed by atoms with van der Waals surface area (Å²) in [5.41, 5.74) is 3.63. The fraction of sp³-hybridized carbons (Fsp3) is 0.267. The van der Waals surface area contributed by atoms with Crippen molar-refractivity contribution in [3.63, 3.8) is 0 Å². The first kappa shape index (κ1) is 12.3. The van der Waals surface area contributed by atoms with Crippen LogP contribution in [0.2, 0.25) is 0 Å². The molecule has 0 amide bonds. The van der Waals surface area contributed by atoms with Gasteiger partial charge < -0.3 is 14.4 Å². The lowest BCUT2D eigenvalue weighted by Crippen LogP contribution is -2.24. The molecule has 0 spiro atoms. The Bertz CT molecular complexity index is 749. The van der Waals surface area contributed by atoms with Crippen LogP contribution < -0.4 is 5.32 Å². The average Bonchev–Trinajstić information content (AvgIpc) is 3.19. The Morgan fingerprint density at radius 3 is 3.10 bits per heavy atom. The van der Waals surface area contributed by atoms with Crippen LogP contribution in [0.1, 0.15) is 22.7 Å². The number of aromatic nitrogens is 3. The van der Waals surface area contributed by atoms with Crippen LogP contribution in [-0.4, -0.2) is 21.8 Å². The smallest absolute Gasteiger partial charge is 0.258 e. The molecule has 0 aliphatic carbocycles. The highest BCUT2D eigenvalue weighted by molar-refractivity contribution is 5.61. The minimum Gasteiger partial charge on any atom is -0.361 e. The molecule has 6 nitrogen and oxygen atoms in total. The summed E-state index contributed by atoms with van der Waals surface area (Å²) >= 11 is 0. The summed E-state index contributed by atoms with van der Waals surface area (Å²) in [6.45, 7) is 1.87. The number of hydrogen-bond acceptors (Lipinski definition) is 6. The second-order valence-electron chi connectivity index (χ2n) is 5.04. The fourth-order valence-electron chi connectivity index (χ4n) is 2.66. The Morgan fingerprint density at radius 1 is 1.19 bits per heavy atom. The minimum absolute atomic E-state index is 0.486. The largest absolute Gasteiger partial charge is 0.361 e. The molecular formula is C15H14N4O2. The molecule has 6 heteroatoms. The lowest BCUT2D eigenvalue weighted by molar-refractivity contribution is 0.382. The molecule has 106 valence electrons. The highest BCUT2D eigenvalue weighted by Gasteiger charge is 2.18. The molecule has 0 bridgehead atoms. The molecule has 3 heterocycles. The summed E-state index contributed by atoms with van der Waals surface area (Å²) in [7, 11) is 0. The van der Waals surface area contributed by atoms with Crippen molar-refractivity contribution in [3.05, 3.63) is 53.2 Å². The van der Waals surface area contributed by atoms with Gasteiger partial charge in [0.25, 0.3) is 5.89 Å². The van der Waals surface area contributed by atoms with E-state index in [0.29, 0.717) is 18.1 Å². The van der Waals surface area contributed by atoms with E-state index in [1.807, 2.05) is 12.1 Å². The van der Waals surface area contributed by atoms with E-state index in [9.17, 15) is 0 Å². The normalized spacial score (nSPS) is 14.1. The molecule has 4 rings (SSSR count). The molecule has 0 unspecified atom stereocenters. The third kappa shape index (κ3) is 2.34. The van der Waals surface area contributed by atoms with Gasteiger partial charge >= 0.3 is 0 Å². The molecule has 0 radical (unpaired) electrons. The van der Waals surface area contributed by atoms with Crippen LogP contribution in [0.15, 0.2) is 39.5 Å². The highest BCUT2D eigenvalue weighted by atomic mass is 16.5. The lowest BCUT2D eigenvalue weighted by atomic mass is 9.95. The number of nitrogens with one attached hydrogen (secondary N) is 1. The van der Waals surface area contributed by atoms with Gasteiger partial charge in [-0.05, 0) is 30.2 Å². The molecular weight excluding hydrogens is 268 g/mol. The molecule has 1 aliphatic rings. The van der Waals surface area contributed by atoms with Gasteiger partial charge in [0.2, 0.25) is 0 Å². The van der Waals surface area contributed by atoms with Gasteiger partial charge in [0.1, 0.15) is 5.76 Å². The molecule has 1 aromatic carbocycles. The van der Waals surface area contributed by atoms with E-state index in [-0.39, 0.29) is 0 Å². The van der Waals surface area contributed by atoms with Gasteiger partial charge in [-0.1, -0.05) is 22.4 Å². The second kappa shape index (κ2) is 5.14. The first-order chi connectivity index (χ1) is 10.4. The molecule has 2 aromatic heterocycles. The van der Waals surface area contributed by atoms with Crippen LogP contribution in [0.25, 0.3) is 11.5 Å². The van der Waals surface area contributed by atoms with Gasteiger partial charge in [-0.3, -0.25) is 0 Å². The van der Waals surface area contributed by atoms with E-state index < -0.39 is 0 Å². The summed E-state index contributed by atoms with van der Waals surface area (Å²) < 4.78 is 10.5. The monoisotopic (exact) mass is 282 g/mol. The lowest BCUT2D eigenvalue weighted by Gasteiger charge is -2.18. The van der Waals surface area contributed by atoms with E-state index >= 15 is 0 Å². The van der Waals surface area contributed by atoms with Gasteiger partial charge in [0.05, 0.1) is 12.6 Å². The topological polar surface area (TPSA) is 77.0 Å². The van der Waals surface area contributed by atoms with Gasteiger partial charge in [-0.25, -0.2) is 0 Å². The summed E-state index contributed by atoms with van der Waals surface area (Å²) in [5, 5.41) is 11.1. The highest BCUT2D eigenvalue weighted by Crippen LogP contribution is 2.27. The second-order valence-corrected chi connectivity index (χ2v) is 5.04. The van der Waals surface area contributed by atoms with Crippen LogP contribution >= 0.6 is 0 Å². The summed E-state index contributed by atoms with van der Waals surface area (Å²) in [6, 6.07) is 8.00. The molecule has 0 saturated carbocycles. The third-order valence-corrected chi connectivity index (χ3v) is 3.66. The van der Waals surface area contributed by atoms with E-state index in [1.54, 1.807) is 12.3 Å². The first-order valence-electron chi connectivity index (χ1n) is 6.94. The number of hydrogen-bond donors (Lipinski definition) is 1. The third-order valence-electron chi connectivity index (χ3n) is 3.66. The van der Waals surface area contributed by atoms with Gasteiger partial charge in [0.15, 0.2) is 5.82 Å². The minimum atomic E-state index is 0.486. The summed E-state index contributed by atoms with van der Waals surface area (Å²) in [4.78, 5) is 4.48. The standard InChI is InChI=1S/C15H14N4O2/c1-2-10-9-16-6-5-12(10)13(3-1)15-18-14(19-21-15)8-11-4-7-17-20-11/h1-4,7,16H,5-6,8-9H2. The van der Waals surface area contributed by atoms with E-state index in [0.717, 1.165) is 30.8 Å². The quantitative estimate of drug-likeness (QED) is 0.791. The number of benzene rings is 1. The number of rotatable bonds is 3. The maximum Gasteiger partial charge on any atom is 0.258 e. The van der Waals surface area contributed by atoms with Crippen LogP contribution in [0.4, 0.5) is 0 Å². The van der Waals surface area contributed by atoms with Crippen molar-refractivity contribution in [2.24, 2.45) is 0 Å². The Kier molecular flexibility index (Phi) is 3.01. The summed E-state index contributed by atoms with van der Waals surface area (Å²) in [6.07, 6.45) is 3.07. The van der Waals surface area contributed by atoms with Crippen molar-refractivity contribution in [2.75, 3.05) is 6.54 Å². The predicted molar refractivity (Wildman–Crippen MR) is 74.5 cm³/mol. The van der Waals surface area contributed by atoms with Crippen molar-refractivity contribution in [1.82, 2.24) is 20.6 Å². The fourth-order valence-corrected chi connectivity index (χ4v) is 2.66. The van der Waals surface area contributed by atoms with Crippen molar-refractivity contribution in [3.8, 4) is 11.5 Å². The zero-order valence-electron chi connectivity index (χ0n) is 11.4. The van der Waals surface area contributed by atoms with Gasteiger partial charge in [-0.2, -0.15) is 4.98 Å². The number of fused-ring (bicyclic) bond motifs is 1. The van der Waals surface area contributed by atoms with E-state index in [1.165, 1.54) is 11.1 Å². The van der Waals surface area contributed by atoms with Crippen molar-refractivity contribution >= 4 is 0 Å². The first-order valence-corrected chi connectivity index (χ1v) is 6.94. The molecule has 0 saturated heterocycles. The molecule has 21 heavy (non-hydrogen) atoms. The molecule has 1 N–H and O–H groups in total. The SMILES string of the molecule is c1cc2c(c(-c3nc(Cc4ccno4)no3)c1)CCNC2. The zero-order valence-corrected chi connectivity index (χ0v) is 11.4. The maximum absolute atomic E-state index is 5.42. The summed E-state index contributed by atoms with van der Waals surface area (Å²) in [5.74, 6) is 1.90. The molecule has 0 atom stereocenters. The van der Waals surface area contributed by atoms with E-state index in [2.05, 4.69) is 26.7 Å².